The molecule has 0 radical (unpaired) electrons. The maximum atomic E-state index is 12.2. The number of fused-ring (bicyclic) bond motifs is 1. The molecule has 0 N–H and O–H groups in total. The number of hydrogen-bond donors (Lipinski definition) is 0. The van der Waals surface area contributed by atoms with Crippen LogP contribution in [0.5, 0.6) is 0 Å². The van der Waals surface area contributed by atoms with Crippen LogP contribution >= 0.6 is 11.3 Å². The van der Waals surface area contributed by atoms with Gasteiger partial charge in [0.1, 0.15) is 10.2 Å². The lowest BCUT2D eigenvalue weighted by atomic mass is 10.1. The molecule has 0 bridgehead atoms. The molecule has 0 aliphatic rings. The van der Waals surface area contributed by atoms with Crippen molar-refractivity contribution >= 4 is 27.5 Å². The average molecular weight is 351 g/mol. The van der Waals surface area contributed by atoms with Gasteiger partial charge >= 0.3 is 17.5 Å². The second-order valence-electron chi connectivity index (χ2n) is 5.88. The Bertz CT molecular complexity index is 747. The fraction of sp³-hybridized carbons (Fsp3) is 0.611. The molecular formula is C18H25NO4S. The SMILES string of the molecule is CCCCCCCCc1sc2nc(C(=O)OCC)oc(=O)c2c1C. The van der Waals surface area contributed by atoms with Crippen molar-refractivity contribution in [3.8, 4) is 0 Å². The number of carbonyl (C=O) groups is 1. The molecule has 24 heavy (non-hydrogen) atoms. The lowest BCUT2D eigenvalue weighted by Crippen LogP contribution is -2.12. The highest BCUT2D eigenvalue weighted by atomic mass is 32.1. The third-order valence-corrected chi connectivity index (χ3v) is 5.28. The second-order valence-corrected chi connectivity index (χ2v) is 6.96. The van der Waals surface area contributed by atoms with Crippen LogP contribution in [0.3, 0.4) is 0 Å². The Morgan fingerprint density at radius 1 is 1.17 bits per heavy atom. The number of aromatic nitrogens is 1. The molecular weight excluding hydrogens is 326 g/mol. The fourth-order valence-corrected chi connectivity index (χ4v) is 3.90. The summed E-state index contributed by atoms with van der Waals surface area (Å²) in [6.07, 6.45) is 8.33. The topological polar surface area (TPSA) is 69.4 Å². The molecule has 0 atom stereocenters. The molecule has 0 amide bonds. The van der Waals surface area contributed by atoms with Crippen LogP contribution in [-0.2, 0) is 11.2 Å². The first-order valence-corrected chi connectivity index (χ1v) is 9.50. The number of hydrogen-bond acceptors (Lipinski definition) is 6. The van der Waals surface area contributed by atoms with Gasteiger partial charge in [0.15, 0.2) is 0 Å². The molecule has 0 unspecified atom stereocenters. The zero-order chi connectivity index (χ0) is 17.5. The van der Waals surface area contributed by atoms with E-state index in [1.807, 2.05) is 6.92 Å². The van der Waals surface area contributed by atoms with E-state index in [1.165, 1.54) is 43.4 Å². The van der Waals surface area contributed by atoms with Crippen molar-refractivity contribution in [1.29, 1.82) is 0 Å². The lowest BCUT2D eigenvalue weighted by Gasteiger charge is -2.00. The van der Waals surface area contributed by atoms with Crippen molar-refractivity contribution in [2.24, 2.45) is 0 Å². The van der Waals surface area contributed by atoms with E-state index >= 15 is 0 Å². The third kappa shape index (κ3) is 4.44. The normalized spacial score (nSPS) is 11.1. The minimum absolute atomic E-state index is 0.217. The van der Waals surface area contributed by atoms with Crippen molar-refractivity contribution in [3.05, 3.63) is 26.8 Å². The van der Waals surface area contributed by atoms with E-state index in [9.17, 15) is 9.59 Å². The third-order valence-electron chi connectivity index (χ3n) is 4.03. The van der Waals surface area contributed by atoms with Crippen molar-refractivity contribution in [1.82, 2.24) is 4.98 Å². The molecule has 2 aromatic rings. The quantitative estimate of drug-likeness (QED) is 0.486. The lowest BCUT2D eigenvalue weighted by molar-refractivity contribution is 0.0474. The maximum absolute atomic E-state index is 12.2. The van der Waals surface area contributed by atoms with Crippen LogP contribution in [0.1, 0.15) is 73.5 Å². The summed E-state index contributed by atoms with van der Waals surface area (Å²) in [7, 11) is 0. The average Bonchev–Trinajstić information content (AvgIpc) is 2.87. The molecule has 0 spiro atoms. The zero-order valence-corrected chi connectivity index (χ0v) is 15.5. The van der Waals surface area contributed by atoms with Crippen LogP contribution in [0, 0.1) is 6.92 Å². The summed E-state index contributed by atoms with van der Waals surface area (Å²) in [4.78, 5) is 29.8. The van der Waals surface area contributed by atoms with Gasteiger partial charge in [0, 0.05) is 4.88 Å². The highest BCUT2D eigenvalue weighted by Crippen LogP contribution is 2.29. The largest absolute Gasteiger partial charge is 0.459 e. The number of unbranched alkanes of at least 4 members (excludes halogenated alkanes) is 5. The molecule has 0 aromatic carbocycles. The molecule has 132 valence electrons. The minimum atomic E-state index is -0.694. The van der Waals surface area contributed by atoms with Gasteiger partial charge in [-0.25, -0.2) is 9.59 Å². The van der Waals surface area contributed by atoms with Gasteiger partial charge in [-0.15, -0.1) is 11.3 Å². The maximum Gasteiger partial charge on any atom is 0.394 e. The molecule has 0 aliphatic heterocycles. The van der Waals surface area contributed by atoms with Crippen molar-refractivity contribution in [3.63, 3.8) is 0 Å². The Labute approximate surface area is 146 Å². The number of aryl methyl sites for hydroxylation is 2. The van der Waals surface area contributed by atoms with Crippen molar-refractivity contribution < 1.29 is 13.9 Å². The molecule has 0 aliphatic carbocycles. The Balaban J connectivity index is 2.12. The molecule has 0 saturated carbocycles. The van der Waals surface area contributed by atoms with E-state index in [0.717, 1.165) is 23.3 Å². The summed E-state index contributed by atoms with van der Waals surface area (Å²) >= 11 is 1.48. The van der Waals surface area contributed by atoms with Gasteiger partial charge in [0.25, 0.3) is 0 Å². The molecule has 6 heteroatoms. The molecule has 2 rings (SSSR count). The van der Waals surface area contributed by atoms with Crippen molar-refractivity contribution in [2.75, 3.05) is 6.61 Å². The molecule has 2 heterocycles. The number of carbonyl (C=O) groups excluding carboxylic acids is 1. The highest BCUT2D eigenvalue weighted by Gasteiger charge is 2.19. The molecule has 0 fully saturated rings. The van der Waals surface area contributed by atoms with Crippen LogP contribution < -0.4 is 5.63 Å². The van der Waals surface area contributed by atoms with Gasteiger partial charge in [-0.1, -0.05) is 39.0 Å². The Morgan fingerprint density at radius 3 is 2.58 bits per heavy atom. The Hall–Kier alpha value is -1.69. The first-order chi connectivity index (χ1) is 11.6. The second kappa shape index (κ2) is 8.97. The van der Waals surface area contributed by atoms with Gasteiger partial charge in [0.05, 0.1) is 6.61 Å². The van der Waals surface area contributed by atoms with E-state index in [1.54, 1.807) is 6.92 Å². The summed E-state index contributed by atoms with van der Waals surface area (Å²) in [5, 5.41) is 0.494. The van der Waals surface area contributed by atoms with Gasteiger partial charge in [-0.2, -0.15) is 4.98 Å². The minimum Gasteiger partial charge on any atom is -0.459 e. The smallest absolute Gasteiger partial charge is 0.394 e. The predicted molar refractivity (Wildman–Crippen MR) is 95.9 cm³/mol. The van der Waals surface area contributed by atoms with Gasteiger partial charge in [0.2, 0.25) is 0 Å². The number of esters is 1. The molecule has 0 saturated heterocycles. The van der Waals surface area contributed by atoms with Crippen LogP contribution in [-0.4, -0.2) is 17.6 Å². The molecule has 2 aromatic heterocycles. The van der Waals surface area contributed by atoms with E-state index in [2.05, 4.69) is 11.9 Å². The summed E-state index contributed by atoms with van der Waals surface area (Å²) in [5.74, 6) is -0.957. The number of thiophene rings is 1. The summed E-state index contributed by atoms with van der Waals surface area (Å²) in [6, 6.07) is 0. The first kappa shape index (κ1) is 18.6. The van der Waals surface area contributed by atoms with Crippen LogP contribution in [0.2, 0.25) is 0 Å². The van der Waals surface area contributed by atoms with Crippen LogP contribution in [0.15, 0.2) is 9.21 Å². The highest BCUT2D eigenvalue weighted by molar-refractivity contribution is 7.18. The van der Waals surface area contributed by atoms with Gasteiger partial charge in [-0.3, -0.25) is 0 Å². The first-order valence-electron chi connectivity index (χ1n) is 8.68. The number of rotatable bonds is 9. The van der Waals surface area contributed by atoms with Gasteiger partial charge < -0.3 is 9.15 Å². The van der Waals surface area contributed by atoms with E-state index < -0.39 is 11.6 Å². The summed E-state index contributed by atoms with van der Waals surface area (Å²) in [6.45, 7) is 6.05. The van der Waals surface area contributed by atoms with E-state index in [-0.39, 0.29) is 12.5 Å². The fourth-order valence-electron chi connectivity index (χ4n) is 2.70. The Morgan fingerprint density at radius 2 is 1.88 bits per heavy atom. The summed E-state index contributed by atoms with van der Waals surface area (Å²) in [5.41, 5.74) is 0.422. The van der Waals surface area contributed by atoms with Gasteiger partial charge in [-0.05, 0) is 32.3 Å². The number of ether oxygens (including phenoxy) is 1. The monoisotopic (exact) mass is 351 g/mol. The Kier molecular flexibility index (Phi) is 6.97. The summed E-state index contributed by atoms with van der Waals surface area (Å²) < 4.78 is 9.89. The van der Waals surface area contributed by atoms with Crippen LogP contribution in [0.4, 0.5) is 0 Å². The molecule has 5 nitrogen and oxygen atoms in total. The zero-order valence-electron chi connectivity index (χ0n) is 14.6. The van der Waals surface area contributed by atoms with E-state index in [4.69, 9.17) is 9.15 Å². The van der Waals surface area contributed by atoms with Crippen LogP contribution in [0.25, 0.3) is 10.2 Å². The predicted octanol–water partition coefficient (Wildman–Crippen LogP) is 4.64. The van der Waals surface area contributed by atoms with E-state index in [0.29, 0.717) is 10.2 Å². The van der Waals surface area contributed by atoms with Crippen molar-refractivity contribution in [2.45, 2.75) is 65.7 Å². The number of nitrogens with zero attached hydrogens (tertiary/aromatic N) is 1. The standard InChI is InChI=1S/C18H25NO4S/c1-4-6-7-8-9-10-11-13-12(3)14-16(24-13)19-15(23-17(14)20)18(21)22-5-2/h4-11H2,1-3H3.